The first kappa shape index (κ1) is 20.2. The van der Waals surface area contributed by atoms with E-state index in [9.17, 15) is 30.8 Å². The second-order valence-corrected chi connectivity index (χ2v) is 8.43. The molecule has 1 N–H and O–H groups in total. The molecule has 0 aromatic carbocycles. The van der Waals surface area contributed by atoms with Gasteiger partial charge in [0, 0.05) is 0 Å². The Balaban J connectivity index is 1.99. The molecule has 2 rings (SSSR count). The van der Waals surface area contributed by atoms with E-state index in [1.165, 1.54) is 0 Å². The number of rotatable bonds is 6. The van der Waals surface area contributed by atoms with Gasteiger partial charge in [-0.05, 0) is 44.9 Å². The lowest BCUT2D eigenvalue weighted by atomic mass is 9.68. The lowest BCUT2D eigenvalue weighted by molar-refractivity contribution is -0.177. The Kier molecular flexibility index (Phi) is 5.27. The molecule has 0 aliphatic heterocycles. The Hall–Kier alpha value is -1.16. The van der Waals surface area contributed by atoms with Gasteiger partial charge in [0.2, 0.25) is 0 Å². The number of ether oxygens (including phenoxy) is 1. The summed E-state index contributed by atoms with van der Waals surface area (Å²) in [6, 6.07) is 0. The lowest BCUT2D eigenvalue weighted by Gasteiger charge is -2.38. The van der Waals surface area contributed by atoms with E-state index in [0.29, 0.717) is 12.3 Å². The Bertz CT molecular complexity index is 673. The molecule has 25 heavy (non-hydrogen) atoms. The Morgan fingerprint density at radius 1 is 1.40 bits per heavy atom. The summed E-state index contributed by atoms with van der Waals surface area (Å²) < 4.78 is 86.7. The maximum absolute atomic E-state index is 13.4. The van der Waals surface area contributed by atoms with Crippen molar-refractivity contribution in [1.29, 1.82) is 0 Å². The number of allylic oxidation sites excluding steroid dienone is 1. The summed E-state index contributed by atoms with van der Waals surface area (Å²) in [7, 11) is -6.29. The molecule has 1 fully saturated rings. The molecule has 5 nitrogen and oxygen atoms in total. The fourth-order valence-electron chi connectivity index (χ4n) is 3.52. The summed E-state index contributed by atoms with van der Waals surface area (Å²) in [5.74, 6) is -5.57. The number of hydrogen-bond donors (Lipinski definition) is 1. The molecule has 2 unspecified atom stereocenters. The van der Waals surface area contributed by atoms with Crippen LogP contribution in [0.25, 0.3) is 0 Å². The van der Waals surface area contributed by atoms with Gasteiger partial charge in [0.15, 0.2) is 0 Å². The third-order valence-electron chi connectivity index (χ3n) is 4.76. The molecule has 144 valence electrons. The second-order valence-electron chi connectivity index (χ2n) is 6.97. The average Bonchev–Trinajstić information content (AvgIpc) is 2.45. The predicted octanol–water partition coefficient (Wildman–Crippen LogP) is 3.56. The molecular weight excluding hydrogens is 368 g/mol. The zero-order valence-electron chi connectivity index (χ0n) is 13.6. The molecule has 0 heterocycles. The Morgan fingerprint density at radius 2 is 2.04 bits per heavy atom. The van der Waals surface area contributed by atoms with Crippen LogP contribution in [0.15, 0.2) is 11.6 Å². The predicted molar refractivity (Wildman–Crippen MR) is 79.8 cm³/mol. The van der Waals surface area contributed by atoms with E-state index < -0.39 is 45.7 Å². The minimum Gasteiger partial charge on any atom is -0.465 e. The van der Waals surface area contributed by atoms with Crippen LogP contribution >= 0.6 is 0 Å². The van der Waals surface area contributed by atoms with Crippen LogP contribution in [0.3, 0.4) is 0 Å². The van der Waals surface area contributed by atoms with Crippen LogP contribution in [0.1, 0.15) is 45.4 Å². The zero-order chi connectivity index (χ0) is 19.1. The maximum Gasteiger partial charge on any atom is 0.431 e. The molecule has 0 spiro atoms. The summed E-state index contributed by atoms with van der Waals surface area (Å²) in [5, 5.41) is -5.65. The fraction of sp³-hybridized carbons (Fsp3) is 0.800. The summed E-state index contributed by atoms with van der Waals surface area (Å²) in [6.45, 7) is 0.526. The third kappa shape index (κ3) is 3.99. The largest absolute Gasteiger partial charge is 0.465 e. The van der Waals surface area contributed by atoms with E-state index in [1.807, 2.05) is 0 Å². The van der Waals surface area contributed by atoms with Gasteiger partial charge in [-0.1, -0.05) is 11.6 Å². The van der Waals surface area contributed by atoms with Crippen LogP contribution in [0.4, 0.5) is 17.6 Å². The molecular formula is C15H20F4O5S. The summed E-state index contributed by atoms with van der Waals surface area (Å²) in [6.07, 6.45) is 4.27. The third-order valence-corrected chi connectivity index (χ3v) is 5.71. The van der Waals surface area contributed by atoms with Crippen molar-refractivity contribution in [2.24, 2.45) is 11.3 Å². The van der Waals surface area contributed by atoms with Gasteiger partial charge in [-0.15, -0.1) is 0 Å². The second kappa shape index (κ2) is 6.53. The minimum atomic E-state index is -6.29. The van der Waals surface area contributed by atoms with Crippen molar-refractivity contribution in [2.45, 2.75) is 56.6 Å². The van der Waals surface area contributed by atoms with Gasteiger partial charge in [0.1, 0.15) is 0 Å². The first-order valence-electron chi connectivity index (χ1n) is 7.89. The first-order valence-corrected chi connectivity index (χ1v) is 9.33. The highest BCUT2D eigenvalue weighted by Gasteiger charge is 2.65. The SMILES string of the molecule is CC1(C(=O)OCCC(F)(F)C(F)(F)S(=O)(=O)O)C=C2CCCC(C2)C1. The van der Waals surface area contributed by atoms with Crippen molar-refractivity contribution in [3.63, 3.8) is 0 Å². The maximum atomic E-state index is 13.4. The van der Waals surface area contributed by atoms with Crippen LogP contribution < -0.4 is 0 Å². The monoisotopic (exact) mass is 388 g/mol. The highest BCUT2D eigenvalue weighted by Crippen LogP contribution is 2.45. The lowest BCUT2D eigenvalue weighted by Crippen LogP contribution is -2.47. The highest BCUT2D eigenvalue weighted by molar-refractivity contribution is 7.87. The van der Waals surface area contributed by atoms with E-state index in [-0.39, 0.29) is 0 Å². The molecule has 0 radical (unpaired) electrons. The number of alkyl halides is 4. The molecule has 10 heteroatoms. The fourth-order valence-corrected chi connectivity index (χ4v) is 4.00. The van der Waals surface area contributed by atoms with Gasteiger partial charge in [-0.25, -0.2) is 0 Å². The number of fused-ring (bicyclic) bond motifs is 2. The molecule has 0 aromatic heterocycles. The number of carbonyl (C=O) groups excluding carboxylic acids is 1. The van der Waals surface area contributed by atoms with Gasteiger partial charge >= 0.3 is 27.3 Å². The molecule has 0 amide bonds. The Morgan fingerprint density at radius 3 is 2.60 bits per heavy atom. The molecule has 2 aliphatic carbocycles. The van der Waals surface area contributed by atoms with Gasteiger partial charge in [0.25, 0.3) is 0 Å². The van der Waals surface area contributed by atoms with Crippen molar-refractivity contribution in [2.75, 3.05) is 6.61 Å². The van der Waals surface area contributed by atoms with Gasteiger partial charge in [-0.3, -0.25) is 9.35 Å². The smallest absolute Gasteiger partial charge is 0.431 e. The first-order chi connectivity index (χ1) is 11.3. The van der Waals surface area contributed by atoms with Crippen LogP contribution in [-0.4, -0.2) is 36.7 Å². The topological polar surface area (TPSA) is 80.7 Å². The van der Waals surface area contributed by atoms with Crippen LogP contribution in [-0.2, 0) is 19.6 Å². The summed E-state index contributed by atoms with van der Waals surface area (Å²) in [5.41, 5.74) is 0.102. The van der Waals surface area contributed by atoms with Crippen molar-refractivity contribution in [3.8, 4) is 0 Å². The molecule has 2 aliphatic rings. The van der Waals surface area contributed by atoms with E-state index >= 15 is 0 Å². The van der Waals surface area contributed by atoms with E-state index in [4.69, 9.17) is 9.29 Å². The van der Waals surface area contributed by atoms with E-state index in [0.717, 1.165) is 31.3 Å². The zero-order valence-corrected chi connectivity index (χ0v) is 14.4. The molecule has 0 aromatic rings. The number of esters is 1. The van der Waals surface area contributed by atoms with Crippen molar-refractivity contribution < 1.29 is 40.1 Å². The normalized spacial score (nSPS) is 27.6. The average molecular weight is 388 g/mol. The highest BCUT2D eigenvalue weighted by atomic mass is 32.2. The quantitative estimate of drug-likeness (QED) is 0.326. The summed E-state index contributed by atoms with van der Waals surface area (Å²) in [4.78, 5) is 12.2. The van der Waals surface area contributed by atoms with Crippen molar-refractivity contribution in [1.82, 2.24) is 0 Å². The number of halogens is 4. The van der Waals surface area contributed by atoms with Gasteiger partial charge in [0.05, 0.1) is 18.4 Å². The van der Waals surface area contributed by atoms with Crippen LogP contribution in [0, 0.1) is 11.3 Å². The van der Waals surface area contributed by atoms with Crippen LogP contribution in [0.5, 0.6) is 0 Å². The van der Waals surface area contributed by atoms with E-state index in [1.54, 1.807) is 13.0 Å². The van der Waals surface area contributed by atoms with Gasteiger partial charge in [-0.2, -0.15) is 26.0 Å². The number of hydrogen-bond acceptors (Lipinski definition) is 4. The van der Waals surface area contributed by atoms with Crippen molar-refractivity contribution >= 4 is 16.1 Å². The number of carbonyl (C=O) groups is 1. The summed E-state index contributed by atoms with van der Waals surface area (Å²) >= 11 is 0. The van der Waals surface area contributed by atoms with Crippen LogP contribution in [0.2, 0.25) is 0 Å². The molecule has 0 saturated heterocycles. The van der Waals surface area contributed by atoms with E-state index in [2.05, 4.69) is 0 Å². The Labute approximate surface area is 143 Å². The molecule has 2 bridgehead atoms. The molecule has 1 saturated carbocycles. The standard InChI is InChI=1S/C15H20F4O5S/c1-13(8-10-3-2-4-11(7-10)9-13)12(20)24-6-5-14(16,17)15(18,19)25(21,22)23/h8,11H,2-7,9H2,1H3,(H,21,22,23). The van der Waals surface area contributed by atoms with Gasteiger partial charge < -0.3 is 4.74 Å². The molecule has 2 atom stereocenters. The van der Waals surface area contributed by atoms with Crippen molar-refractivity contribution in [3.05, 3.63) is 11.6 Å². The minimum absolute atomic E-state index is 0.302.